The number of hydrogen-bond donors (Lipinski definition) is 2. The van der Waals surface area contributed by atoms with Crippen LogP contribution in [0, 0.1) is 16.7 Å². The minimum Gasteiger partial charge on any atom is -0.381 e. The number of nitrogens with one attached hydrogen (secondary N) is 2. The smallest absolute Gasteiger partial charge is 0.126 e. The Morgan fingerprint density at radius 2 is 1.95 bits per heavy atom. The molecule has 3 fully saturated rings. The summed E-state index contributed by atoms with van der Waals surface area (Å²) in [6, 6.07) is 11.9. The van der Waals surface area contributed by atoms with E-state index in [0.717, 1.165) is 68.3 Å². The second kappa shape index (κ2) is 12.0. The van der Waals surface area contributed by atoms with Crippen molar-refractivity contribution in [1.82, 2.24) is 14.9 Å². The van der Waals surface area contributed by atoms with Crippen LogP contribution in [0.15, 0.2) is 30.5 Å². The molecule has 2 saturated heterocycles. The molecule has 5 rings (SSSR count). The monoisotopic (exact) mass is 524 g/mol. The Balaban J connectivity index is 1.21. The van der Waals surface area contributed by atoms with Crippen LogP contribution in [0.4, 0.5) is 11.6 Å². The molecule has 2 N–H and O–H groups in total. The Kier molecular flexibility index (Phi) is 8.46. The summed E-state index contributed by atoms with van der Waals surface area (Å²) >= 11 is 6.56. The first kappa shape index (κ1) is 26.2. The number of rotatable bonds is 7. The highest BCUT2D eigenvalue weighted by molar-refractivity contribution is 6.33. The van der Waals surface area contributed by atoms with Gasteiger partial charge in [-0.2, -0.15) is 5.26 Å². The number of anilines is 2. The fraction of sp³-hybridized carbons (Fsp3) is 0.607. The summed E-state index contributed by atoms with van der Waals surface area (Å²) in [5.74, 6) is 1.56. The molecule has 4 heterocycles. The minimum atomic E-state index is -0.417. The van der Waals surface area contributed by atoms with Gasteiger partial charge in [-0.25, -0.2) is 9.97 Å². The molecular weight excluding hydrogens is 488 g/mol. The van der Waals surface area contributed by atoms with Crippen LogP contribution in [0.25, 0.3) is 11.3 Å². The van der Waals surface area contributed by atoms with Gasteiger partial charge in [0, 0.05) is 56.2 Å². The van der Waals surface area contributed by atoms with E-state index < -0.39 is 5.41 Å². The molecule has 2 aromatic heterocycles. The van der Waals surface area contributed by atoms with Crippen molar-refractivity contribution in [3.63, 3.8) is 0 Å². The second-order valence-electron chi connectivity index (χ2n) is 10.6. The molecule has 1 saturated carbocycles. The zero-order valence-electron chi connectivity index (χ0n) is 21.6. The van der Waals surface area contributed by atoms with Gasteiger partial charge >= 0.3 is 0 Å². The molecule has 0 bridgehead atoms. The molecule has 2 aliphatic heterocycles. The van der Waals surface area contributed by atoms with E-state index in [2.05, 4.69) is 33.5 Å². The maximum absolute atomic E-state index is 9.74. The Bertz CT molecular complexity index is 1090. The van der Waals surface area contributed by atoms with Gasteiger partial charge in [-0.15, -0.1) is 0 Å². The minimum absolute atomic E-state index is 0.400. The van der Waals surface area contributed by atoms with Crippen LogP contribution in [-0.4, -0.2) is 72.5 Å². The lowest BCUT2D eigenvalue weighted by Gasteiger charge is -2.42. The number of nitrogens with zero attached hydrogens (tertiary/aromatic N) is 4. The van der Waals surface area contributed by atoms with E-state index in [9.17, 15) is 5.26 Å². The lowest BCUT2D eigenvalue weighted by atomic mass is 9.82. The topological polar surface area (TPSA) is 95.3 Å². The summed E-state index contributed by atoms with van der Waals surface area (Å²) in [6.07, 6.45) is 7.79. The number of aromatic nitrogens is 2. The molecule has 0 spiro atoms. The largest absolute Gasteiger partial charge is 0.381 e. The summed E-state index contributed by atoms with van der Waals surface area (Å²) in [5.41, 5.74) is 1.21. The average molecular weight is 525 g/mol. The number of halogens is 1. The zero-order chi connectivity index (χ0) is 25.7. The number of morpholine rings is 1. The first-order chi connectivity index (χ1) is 18.0. The highest BCUT2D eigenvalue weighted by Gasteiger charge is 2.33. The Morgan fingerprint density at radius 3 is 2.70 bits per heavy atom. The predicted octanol–water partition coefficient (Wildman–Crippen LogP) is 4.97. The van der Waals surface area contributed by atoms with Crippen molar-refractivity contribution in [2.24, 2.45) is 5.41 Å². The van der Waals surface area contributed by atoms with Crippen molar-refractivity contribution in [1.29, 1.82) is 5.26 Å². The molecule has 37 heavy (non-hydrogen) atoms. The second-order valence-corrected chi connectivity index (χ2v) is 11.0. The van der Waals surface area contributed by atoms with Crippen LogP contribution in [0.2, 0.25) is 5.02 Å². The normalized spacial score (nSPS) is 26.2. The van der Waals surface area contributed by atoms with Gasteiger partial charge in [-0.05, 0) is 63.6 Å². The lowest BCUT2D eigenvalue weighted by molar-refractivity contribution is -0.0296. The van der Waals surface area contributed by atoms with Crippen LogP contribution in [0.5, 0.6) is 0 Å². The number of nitriles is 1. The third-order valence-corrected chi connectivity index (χ3v) is 8.41. The van der Waals surface area contributed by atoms with E-state index in [1.165, 1.54) is 12.8 Å². The standard InChI is InChI=1S/C28H37ClN6O2/c1-20-17-37-14-11-35(20)22-7-5-21(6-8-22)33-27-15-23(24(29)16-31-27)25-3-2-4-26(34-25)32-19-28(18-30)9-12-36-13-10-28/h2-4,15-16,20-22H,5-14,17,19H2,1H3,(H,31,33)(H,32,34). The molecule has 198 valence electrons. The predicted molar refractivity (Wildman–Crippen MR) is 146 cm³/mol. The average Bonchev–Trinajstić information content (AvgIpc) is 2.94. The van der Waals surface area contributed by atoms with Crippen molar-refractivity contribution >= 4 is 23.2 Å². The molecule has 1 unspecified atom stereocenters. The summed E-state index contributed by atoms with van der Waals surface area (Å²) in [7, 11) is 0. The van der Waals surface area contributed by atoms with E-state index in [-0.39, 0.29) is 0 Å². The molecule has 0 amide bonds. The number of hydrogen-bond acceptors (Lipinski definition) is 8. The van der Waals surface area contributed by atoms with Gasteiger partial charge in [-0.1, -0.05) is 17.7 Å². The van der Waals surface area contributed by atoms with Gasteiger partial charge in [0.2, 0.25) is 0 Å². The van der Waals surface area contributed by atoms with E-state index in [1.807, 2.05) is 24.3 Å². The SMILES string of the molecule is CC1COCCN1C1CCC(Nc2cc(-c3cccc(NCC4(C#N)CCOCC4)n3)c(Cl)cn2)CC1. The van der Waals surface area contributed by atoms with Crippen LogP contribution < -0.4 is 10.6 Å². The molecule has 1 aliphatic carbocycles. The summed E-state index contributed by atoms with van der Waals surface area (Å²) < 4.78 is 11.1. The van der Waals surface area contributed by atoms with Crippen molar-refractivity contribution in [2.45, 2.75) is 63.6 Å². The third kappa shape index (κ3) is 6.35. The molecular formula is C28H37ClN6O2. The highest BCUT2D eigenvalue weighted by Crippen LogP contribution is 2.33. The fourth-order valence-corrected chi connectivity index (χ4v) is 5.99. The highest BCUT2D eigenvalue weighted by atomic mass is 35.5. The maximum atomic E-state index is 9.74. The Morgan fingerprint density at radius 1 is 1.14 bits per heavy atom. The molecule has 0 radical (unpaired) electrons. The lowest BCUT2D eigenvalue weighted by Crippen LogP contribution is -2.51. The van der Waals surface area contributed by atoms with Gasteiger partial charge in [0.25, 0.3) is 0 Å². The van der Waals surface area contributed by atoms with E-state index in [1.54, 1.807) is 6.20 Å². The van der Waals surface area contributed by atoms with E-state index >= 15 is 0 Å². The number of ether oxygens (including phenoxy) is 2. The molecule has 3 aliphatic rings. The first-order valence-corrected chi connectivity index (χ1v) is 13.9. The van der Waals surface area contributed by atoms with Gasteiger partial charge in [-0.3, -0.25) is 4.90 Å². The molecule has 1 atom stereocenters. The zero-order valence-corrected chi connectivity index (χ0v) is 22.3. The van der Waals surface area contributed by atoms with Gasteiger partial charge < -0.3 is 20.1 Å². The Labute approximate surface area is 224 Å². The van der Waals surface area contributed by atoms with E-state index in [4.69, 9.17) is 26.1 Å². The van der Waals surface area contributed by atoms with Crippen LogP contribution >= 0.6 is 11.6 Å². The van der Waals surface area contributed by atoms with E-state index in [0.29, 0.717) is 42.9 Å². The fourth-order valence-electron chi connectivity index (χ4n) is 5.79. The maximum Gasteiger partial charge on any atom is 0.126 e. The summed E-state index contributed by atoms with van der Waals surface area (Å²) in [4.78, 5) is 12.0. The van der Waals surface area contributed by atoms with Crippen molar-refractivity contribution in [3.8, 4) is 17.3 Å². The van der Waals surface area contributed by atoms with Gasteiger partial charge in [0.15, 0.2) is 0 Å². The quantitative estimate of drug-likeness (QED) is 0.524. The van der Waals surface area contributed by atoms with Crippen molar-refractivity contribution in [2.75, 3.05) is 50.2 Å². The summed E-state index contributed by atoms with van der Waals surface area (Å²) in [5, 5.41) is 17.3. The molecule has 0 aromatic carbocycles. The van der Waals surface area contributed by atoms with Crippen LogP contribution in [0.1, 0.15) is 45.4 Å². The molecule has 9 heteroatoms. The molecule has 2 aromatic rings. The summed E-state index contributed by atoms with van der Waals surface area (Å²) in [6.45, 7) is 6.80. The van der Waals surface area contributed by atoms with Crippen molar-refractivity contribution in [3.05, 3.63) is 35.5 Å². The molecule has 8 nitrogen and oxygen atoms in total. The number of pyridine rings is 2. The van der Waals surface area contributed by atoms with Crippen LogP contribution in [0.3, 0.4) is 0 Å². The van der Waals surface area contributed by atoms with Crippen molar-refractivity contribution < 1.29 is 9.47 Å². The van der Waals surface area contributed by atoms with Crippen LogP contribution in [-0.2, 0) is 9.47 Å². The first-order valence-electron chi connectivity index (χ1n) is 13.5. The van der Waals surface area contributed by atoms with Gasteiger partial charge in [0.1, 0.15) is 11.6 Å². The third-order valence-electron chi connectivity index (χ3n) is 8.11. The Hall–Kier alpha value is -2.44. The van der Waals surface area contributed by atoms with Gasteiger partial charge in [0.05, 0.1) is 35.4 Å².